The second-order valence-corrected chi connectivity index (χ2v) is 6.10. The fraction of sp³-hybridized carbons (Fsp3) is 0.412. The first-order valence-electron chi connectivity index (χ1n) is 7.01. The lowest BCUT2D eigenvalue weighted by Gasteiger charge is -2.14. The molecule has 0 amide bonds. The molecule has 0 aromatic heterocycles. The van der Waals surface area contributed by atoms with Crippen LogP contribution in [0, 0.1) is 5.92 Å². The Morgan fingerprint density at radius 2 is 2.05 bits per heavy atom. The van der Waals surface area contributed by atoms with Gasteiger partial charge in [0, 0.05) is 9.86 Å². The molecule has 0 aliphatic rings. The maximum Gasteiger partial charge on any atom is 0.127 e. The highest BCUT2D eigenvalue weighted by atomic mass is 79.9. The Balaban J connectivity index is 2.08. The highest BCUT2D eigenvalue weighted by Gasteiger charge is 2.06. The van der Waals surface area contributed by atoms with E-state index in [1.165, 1.54) is 30.0 Å². The smallest absolute Gasteiger partial charge is 0.127 e. The molecule has 1 atom stereocenters. The molecular formula is C17H21BrO. The minimum Gasteiger partial charge on any atom is -0.493 e. The molecule has 2 aromatic carbocycles. The fourth-order valence-corrected chi connectivity index (χ4v) is 2.60. The van der Waals surface area contributed by atoms with Crippen LogP contribution >= 0.6 is 15.9 Å². The van der Waals surface area contributed by atoms with E-state index in [9.17, 15) is 0 Å². The largest absolute Gasteiger partial charge is 0.493 e. The fourth-order valence-electron chi connectivity index (χ4n) is 2.22. The normalized spacial score (nSPS) is 12.6. The lowest BCUT2D eigenvalue weighted by atomic mass is 10.1. The van der Waals surface area contributed by atoms with Gasteiger partial charge < -0.3 is 4.74 Å². The Morgan fingerprint density at radius 1 is 1.21 bits per heavy atom. The van der Waals surface area contributed by atoms with E-state index < -0.39 is 0 Å². The van der Waals surface area contributed by atoms with Crippen molar-refractivity contribution in [3.8, 4) is 5.75 Å². The molecule has 0 radical (unpaired) electrons. The Labute approximate surface area is 124 Å². The van der Waals surface area contributed by atoms with Crippen molar-refractivity contribution in [2.75, 3.05) is 6.61 Å². The van der Waals surface area contributed by atoms with Crippen molar-refractivity contribution in [3.05, 3.63) is 40.9 Å². The third-order valence-corrected chi connectivity index (χ3v) is 3.87. The summed E-state index contributed by atoms with van der Waals surface area (Å²) >= 11 is 3.51. The second-order valence-electron chi connectivity index (χ2n) is 5.18. The van der Waals surface area contributed by atoms with Gasteiger partial charge in [-0.1, -0.05) is 54.8 Å². The summed E-state index contributed by atoms with van der Waals surface area (Å²) in [6.45, 7) is 5.29. The van der Waals surface area contributed by atoms with Crippen molar-refractivity contribution in [1.29, 1.82) is 0 Å². The van der Waals surface area contributed by atoms with Crippen LogP contribution in [0.3, 0.4) is 0 Å². The van der Waals surface area contributed by atoms with Gasteiger partial charge in [0.05, 0.1) is 6.61 Å². The van der Waals surface area contributed by atoms with Gasteiger partial charge in [-0.3, -0.25) is 0 Å². The summed E-state index contributed by atoms with van der Waals surface area (Å²) in [5, 5.41) is 2.40. The molecule has 1 nitrogen and oxygen atoms in total. The topological polar surface area (TPSA) is 9.23 Å². The van der Waals surface area contributed by atoms with E-state index in [-0.39, 0.29) is 0 Å². The molecule has 2 rings (SSSR count). The third kappa shape index (κ3) is 3.97. The van der Waals surface area contributed by atoms with Crippen LogP contribution in [0.2, 0.25) is 0 Å². The van der Waals surface area contributed by atoms with Crippen molar-refractivity contribution < 1.29 is 4.74 Å². The number of hydrogen-bond donors (Lipinski definition) is 0. The highest BCUT2D eigenvalue weighted by molar-refractivity contribution is 9.10. The van der Waals surface area contributed by atoms with Crippen LogP contribution in [-0.2, 0) is 0 Å². The molecule has 0 aliphatic carbocycles. The number of unbranched alkanes of at least 4 members (excludes halogenated alkanes) is 1. The SMILES string of the molecule is CCCCC(C)COc1cccc2cc(Br)ccc12. The van der Waals surface area contributed by atoms with E-state index in [0.717, 1.165) is 16.8 Å². The lowest BCUT2D eigenvalue weighted by molar-refractivity contribution is 0.252. The van der Waals surface area contributed by atoms with Gasteiger partial charge in [-0.2, -0.15) is 0 Å². The van der Waals surface area contributed by atoms with Gasteiger partial charge in [0.15, 0.2) is 0 Å². The molecule has 0 saturated heterocycles. The van der Waals surface area contributed by atoms with Crippen LogP contribution in [0.5, 0.6) is 5.75 Å². The van der Waals surface area contributed by atoms with Crippen LogP contribution in [0.4, 0.5) is 0 Å². The number of fused-ring (bicyclic) bond motifs is 1. The molecule has 2 heteroatoms. The molecule has 0 saturated carbocycles. The van der Waals surface area contributed by atoms with E-state index >= 15 is 0 Å². The van der Waals surface area contributed by atoms with Crippen LogP contribution in [-0.4, -0.2) is 6.61 Å². The molecule has 0 fully saturated rings. The molecule has 0 spiro atoms. The molecule has 102 valence electrons. The van der Waals surface area contributed by atoms with Gasteiger partial charge in [0.25, 0.3) is 0 Å². The summed E-state index contributed by atoms with van der Waals surface area (Å²) in [5.74, 6) is 1.61. The highest BCUT2D eigenvalue weighted by Crippen LogP contribution is 2.28. The Morgan fingerprint density at radius 3 is 2.84 bits per heavy atom. The van der Waals surface area contributed by atoms with Gasteiger partial charge in [-0.25, -0.2) is 0 Å². The number of ether oxygens (including phenoxy) is 1. The van der Waals surface area contributed by atoms with Crippen molar-refractivity contribution in [3.63, 3.8) is 0 Å². The molecule has 19 heavy (non-hydrogen) atoms. The van der Waals surface area contributed by atoms with Crippen molar-refractivity contribution in [1.82, 2.24) is 0 Å². The monoisotopic (exact) mass is 320 g/mol. The second kappa shape index (κ2) is 6.95. The zero-order valence-corrected chi connectivity index (χ0v) is 13.2. The summed E-state index contributed by atoms with van der Waals surface area (Å²) in [4.78, 5) is 0. The van der Waals surface area contributed by atoms with E-state index in [4.69, 9.17) is 4.74 Å². The molecule has 0 bridgehead atoms. The standard InChI is InChI=1S/C17H21BrO/c1-3-4-6-13(2)12-19-17-8-5-7-14-11-15(18)9-10-16(14)17/h5,7-11,13H,3-4,6,12H2,1-2H3. The minimum absolute atomic E-state index is 0.616. The van der Waals surface area contributed by atoms with Crippen LogP contribution in [0.25, 0.3) is 10.8 Å². The molecular weight excluding hydrogens is 300 g/mol. The first-order valence-corrected chi connectivity index (χ1v) is 7.81. The predicted octanol–water partition coefficient (Wildman–Crippen LogP) is 5.81. The number of hydrogen-bond acceptors (Lipinski definition) is 1. The van der Waals surface area contributed by atoms with E-state index in [1.54, 1.807) is 0 Å². The number of benzene rings is 2. The molecule has 2 aromatic rings. The van der Waals surface area contributed by atoms with Crippen molar-refractivity contribution >= 4 is 26.7 Å². The maximum atomic E-state index is 6.00. The summed E-state index contributed by atoms with van der Waals surface area (Å²) in [6.07, 6.45) is 3.78. The zero-order chi connectivity index (χ0) is 13.7. The summed E-state index contributed by atoms with van der Waals surface area (Å²) in [5.41, 5.74) is 0. The first kappa shape index (κ1) is 14.4. The summed E-state index contributed by atoms with van der Waals surface area (Å²) < 4.78 is 7.11. The van der Waals surface area contributed by atoms with Crippen molar-refractivity contribution in [2.24, 2.45) is 5.92 Å². The third-order valence-electron chi connectivity index (χ3n) is 3.38. The predicted molar refractivity (Wildman–Crippen MR) is 85.8 cm³/mol. The average molecular weight is 321 g/mol. The number of halogens is 1. The number of rotatable bonds is 6. The van der Waals surface area contributed by atoms with Crippen molar-refractivity contribution in [2.45, 2.75) is 33.1 Å². The maximum absolute atomic E-state index is 6.00. The van der Waals surface area contributed by atoms with Gasteiger partial charge in [0.1, 0.15) is 5.75 Å². The Hall–Kier alpha value is -1.02. The molecule has 0 aliphatic heterocycles. The van der Waals surface area contributed by atoms with Gasteiger partial charge in [-0.05, 0) is 42.0 Å². The molecule has 1 unspecified atom stereocenters. The summed E-state index contributed by atoms with van der Waals surface area (Å²) in [6, 6.07) is 12.5. The molecule has 0 heterocycles. The zero-order valence-electron chi connectivity index (χ0n) is 11.7. The lowest BCUT2D eigenvalue weighted by Crippen LogP contribution is -2.08. The Kier molecular flexibility index (Phi) is 5.26. The van der Waals surface area contributed by atoms with Crippen LogP contribution in [0.15, 0.2) is 40.9 Å². The average Bonchev–Trinajstić information content (AvgIpc) is 2.42. The van der Waals surface area contributed by atoms with Crippen LogP contribution < -0.4 is 4.74 Å². The van der Waals surface area contributed by atoms with Gasteiger partial charge in [-0.15, -0.1) is 0 Å². The van der Waals surface area contributed by atoms with E-state index in [0.29, 0.717) is 5.92 Å². The molecule has 0 N–H and O–H groups in total. The Bertz CT molecular complexity index is 536. The van der Waals surface area contributed by atoms with Crippen LogP contribution in [0.1, 0.15) is 33.1 Å². The summed E-state index contributed by atoms with van der Waals surface area (Å²) in [7, 11) is 0. The quantitative estimate of drug-likeness (QED) is 0.652. The van der Waals surface area contributed by atoms with Gasteiger partial charge in [0.2, 0.25) is 0 Å². The first-order chi connectivity index (χ1) is 9.20. The minimum atomic E-state index is 0.616. The van der Waals surface area contributed by atoms with Gasteiger partial charge >= 0.3 is 0 Å². The van der Waals surface area contributed by atoms with E-state index in [1.807, 2.05) is 0 Å². The van der Waals surface area contributed by atoms with E-state index in [2.05, 4.69) is 66.2 Å².